The summed E-state index contributed by atoms with van der Waals surface area (Å²) >= 11 is 11.7. The van der Waals surface area contributed by atoms with E-state index in [1.54, 1.807) is 23.1 Å². The fourth-order valence-corrected chi connectivity index (χ4v) is 2.17. The number of hydrogen-bond acceptors (Lipinski definition) is 3. The van der Waals surface area contributed by atoms with Gasteiger partial charge in [-0.1, -0.05) is 37.0 Å². The minimum absolute atomic E-state index is 0.00469. The SMILES string of the molecule is CC(C)CN(CC(=O)O)CC(=O)Nc1ccc(Cl)c(Cl)c1. The molecule has 0 atom stereocenters. The largest absolute Gasteiger partial charge is 0.480 e. The molecular weight excluding hydrogens is 315 g/mol. The van der Waals surface area contributed by atoms with Crippen LogP contribution < -0.4 is 5.32 Å². The van der Waals surface area contributed by atoms with Gasteiger partial charge in [-0.3, -0.25) is 14.5 Å². The van der Waals surface area contributed by atoms with Gasteiger partial charge >= 0.3 is 5.97 Å². The molecule has 0 aliphatic carbocycles. The number of halogens is 2. The number of amides is 1. The fourth-order valence-electron chi connectivity index (χ4n) is 1.87. The van der Waals surface area contributed by atoms with E-state index in [0.717, 1.165) is 0 Å². The first-order valence-corrected chi connectivity index (χ1v) is 7.22. The van der Waals surface area contributed by atoms with E-state index in [0.29, 0.717) is 22.3 Å². The smallest absolute Gasteiger partial charge is 0.317 e. The third-order valence-electron chi connectivity index (χ3n) is 2.55. The lowest BCUT2D eigenvalue weighted by Gasteiger charge is -2.21. The van der Waals surface area contributed by atoms with Crippen LogP contribution >= 0.6 is 23.2 Å². The van der Waals surface area contributed by atoms with Crippen LogP contribution in [0.3, 0.4) is 0 Å². The summed E-state index contributed by atoms with van der Waals surface area (Å²) in [6, 6.07) is 4.77. The van der Waals surface area contributed by atoms with Crippen molar-refractivity contribution in [2.45, 2.75) is 13.8 Å². The van der Waals surface area contributed by atoms with Gasteiger partial charge in [0.2, 0.25) is 5.91 Å². The van der Waals surface area contributed by atoms with E-state index in [4.69, 9.17) is 28.3 Å². The van der Waals surface area contributed by atoms with Gasteiger partial charge in [0, 0.05) is 12.2 Å². The van der Waals surface area contributed by atoms with Gasteiger partial charge in [-0.05, 0) is 24.1 Å². The van der Waals surface area contributed by atoms with Crippen molar-refractivity contribution >= 4 is 40.8 Å². The average Bonchev–Trinajstić information content (AvgIpc) is 2.31. The van der Waals surface area contributed by atoms with E-state index in [9.17, 15) is 9.59 Å². The number of nitrogens with one attached hydrogen (secondary N) is 1. The standard InChI is InChI=1S/C14H18Cl2N2O3/c1-9(2)6-18(8-14(20)21)7-13(19)17-10-3-4-11(15)12(16)5-10/h3-5,9H,6-8H2,1-2H3,(H,17,19)(H,20,21). The van der Waals surface area contributed by atoms with E-state index in [-0.39, 0.29) is 24.9 Å². The summed E-state index contributed by atoms with van der Waals surface area (Å²) in [6.07, 6.45) is 0. The van der Waals surface area contributed by atoms with Gasteiger partial charge in [0.15, 0.2) is 0 Å². The van der Waals surface area contributed by atoms with Crippen molar-refractivity contribution in [3.05, 3.63) is 28.2 Å². The number of aliphatic carboxylic acids is 1. The van der Waals surface area contributed by atoms with Crippen molar-refractivity contribution in [3.8, 4) is 0 Å². The number of nitrogens with zero attached hydrogens (tertiary/aromatic N) is 1. The molecule has 1 aromatic carbocycles. The van der Waals surface area contributed by atoms with E-state index in [2.05, 4.69) is 5.32 Å². The Morgan fingerprint density at radius 1 is 1.24 bits per heavy atom. The van der Waals surface area contributed by atoms with Crippen molar-refractivity contribution in [2.24, 2.45) is 5.92 Å². The predicted octanol–water partition coefficient (Wildman–Crippen LogP) is 2.97. The average molecular weight is 333 g/mol. The number of hydrogen-bond donors (Lipinski definition) is 2. The van der Waals surface area contributed by atoms with Crippen LogP contribution in [0.4, 0.5) is 5.69 Å². The molecule has 1 rings (SSSR count). The van der Waals surface area contributed by atoms with Crippen molar-refractivity contribution in [1.29, 1.82) is 0 Å². The van der Waals surface area contributed by atoms with Crippen molar-refractivity contribution in [1.82, 2.24) is 4.90 Å². The first-order chi connectivity index (χ1) is 9.77. The van der Waals surface area contributed by atoms with Crippen LogP contribution in [0.25, 0.3) is 0 Å². The fraction of sp³-hybridized carbons (Fsp3) is 0.429. The van der Waals surface area contributed by atoms with E-state index >= 15 is 0 Å². The lowest BCUT2D eigenvalue weighted by Crippen LogP contribution is -2.39. The summed E-state index contributed by atoms with van der Waals surface area (Å²) in [7, 11) is 0. The molecule has 0 aliphatic rings. The summed E-state index contributed by atoms with van der Waals surface area (Å²) in [4.78, 5) is 24.4. The van der Waals surface area contributed by atoms with Crippen LogP contribution in [-0.2, 0) is 9.59 Å². The zero-order valence-electron chi connectivity index (χ0n) is 11.9. The minimum Gasteiger partial charge on any atom is -0.480 e. The van der Waals surface area contributed by atoms with Crippen LogP contribution in [0.2, 0.25) is 10.0 Å². The zero-order chi connectivity index (χ0) is 16.0. The molecule has 0 bridgehead atoms. The summed E-state index contributed by atoms with van der Waals surface area (Å²) in [5.41, 5.74) is 0.522. The van der Waals surface area contributed by atoms with Crippen molar-refractivity contribution in [3.63, 3.8) is 0 Å². The second-order valence-corrected chi connectivity index (χ2v) is 5.95. The van der Waals surface area contributed by atoms with Gasteiger partial charge in [-0.25, -0.2) is 0 Å². The molecule has 1 aromatic rings. The Labute approximate surface area is 133 Å². The van der Waals surface area contributed by atoms with Gasteiger partial charge in [0.1, 0.15) is 0 Å². The Bertz CT molecular complexity index is 521. The summed E-state index contributed by atoms with van der Waals surface area (Å²) in [6.45, 7) is 4.29. The van der Waals surface area contributed by atoms with Crippen molar-refractivity contribution < 1.29 is 14.7 Å². The lowest BCUT2D eigenvalue weighted by molar-refractivity contribution is -0.138. The molecule has 0 heterocycles. The van der Waals surface area contributed by atoms with Gasteiger partial charge < -0.3 is 10.4 Å². The number of carboxylic acid groups (broad SMARTS) is 1. The van der Waals surface area contributed by atoms with Crippen molar-refractivity contribution in [2.75, 3.05) is 25.0 Å². The maximum absolute atomic E-state index is 12.0. The number of carboxylic acids is 1. The highest BCUT2D eigenvalue weighted by Crippen LogP contribution is 2.24. The number of carbonyl (C=O) groups excluding carboxylic acids is 1. The van der Waals surface area contributed by atoms with Gasteiger partial charge in [0.05, 0.1) is 23.1 Å². The topological polar surface area (TPSA) is 69.6 Å². The molecule has 0 saturated carbocycles. The maximum Gasteiger partial charge on any atom is 0.317 e. The van der Waals surface area contributed by atoms with E-state index in [1.807, 2.05) is 13.8 Å². The number of carbonyl (C=O) groups is 2. The molecular formula is C14H18Cl2N2O3. The van der Waals surface area contributed by atoms with Crippen LogP contribution in [0.1, 0.15) is 13.8 Å². The van der Waals surface area contributed by atoms with E-state index in [1.165, 1.54) is 0 Å². The normalized spacial score (nSPS) is 11.0. The second-order valence-electron chi connectivity index (χ2n) is 5.13. The summed E-state index contributed by atoms with van der Waals surface area (Å²) < 4.78 is 0. The molecule has 21 heavy (non-hydrogen) atoms. The Morgan fingerprint density at radius 3 is 2.43 bits per heavy atom. The highest BCUT2D eigenvalue weighted by molar-refractivity contribution is 6.42. The molecule has 0 fully saturated rings. The molecule has 2 N–H and O–H groups in total. The Morgan fingerprint density at radius 2 is 1.90 bits per heavy atom. The molecule has 0 saturated heterocycles. The Hall–Kier alpha value is -1.30. The van der Waals surface area contributed by atoms with Crippen LogP contribution in [0, 0.1) is 5.92 Å². The monoisotopic (exact) mass is 332 g/mol. The number of benzene rings is 1. The lowest BCUT2D eigenvalue weighted by atomic mass is 10.2. The zero-order valence-corrected chi connectivity index (χ0v) is 13.4. The molecule has 0 radical (unpaired) electrons. The maximum atomic E-state index is 12.0. The molecule has 116 valence electrons. The quantitative estimate of drug-likeness (QED) is 0.805. The van der Waals surface area contributed by atoms with E-state index < -0.39 is 5.97 Å². The third-order valence-corrected chi connectivity index (χ3v) is 3.29. The molecule has 0 unspecified atom stereocenters. The van der Waals surface area contributed by atoms with Crippen LogP contribution in [0.5, 0.6) is 0 Å². The van der Waals surface area contributed by atoms with Crippen LogP contribution in [0.15, 0.2) is 18.2 Å². The molecule has 5 nitrogen and oxygen atoms in total. The first kappa shape index (κ1) is 17.8. The molecule has 1 amide bonds. The third kappa shape index (κ3) is 6.80. The Balaban J connectivity index is 2.64. The molecule has 0 aromatic heterocycles. The second kappa shape index (κ2) is 8.22. The number of anilines is 1. The highest BCUT2D eigenvalue weighted by atomic mass is 35.5. The van der Waals surface area contributed by atoms with Gasteiger partial charge in [0.25, 0.3) is 0 Å². The first-order valence-electron chi connectivity index (χ1n) is 6.47. The highest BCUT2D eigenvalue weighted by Gasteiger charge is 2.15. The van der Waals surface area contributed by atoms with Crippen LogP contribution in [-0.4, -0.2) is 41.5 Å². The predicted molar refractivity (Wildman–Crippen MR) is 84.0 cm³/mol. The Kier molecular flexibility index (Phi) is 6.95. The summed E-state index contributed by atoms with van der Waals surface area (Å²) in [5, 5.41) is 12.3. The molecule has 0 spiro atoms. The molecule has 7 heteroatoms. The molecule has 0 aliphatic heterocycles. The number of rotatable bonds is 7. The summed E-state index contributed by atoms with van der Waals surface area (Å²) in [5.74, 6) is -0.990. The van der Waals surface area contributed by atoms with Gasteiger partial charge in [-0.2, -0.15) is 0 Å². The minimum atomic E-state index is -0.960. The van der Waals surface area contributed by atoms with Gasteiger partial charge in [-0.15, -0.1) is 0 Å².